The molecule has 4 heteroatoms. The summed E-state index contributed by atoms with van der Waals surface area (Å²) in [7, 11) is 0. The van der Waals surface area contributed by atoms with Crippen LogP contribution in [0.2, 0.25) is 0 Å². The van der Waals surface area contributed by atoms with Crippen LogP contribution in [0.4, 0.5) is 0 Å². The monoisotopic (exact) mass is 581 g/mol. The highest BCUT2D eigenvalue weighted by atomic mass is 32.2. The van der Waals surface area contributed by atoms with Gasteiger partial charge in [0.15, 0.2) is 0 Å². The highest BCUT2D eigenvalue weighted by Crippen LogP contribution is 2.15. The molecule has 0 spiro atoms. The molecule has 4 rings (SSSR count). The van der Waals surface area contributed by atoms with E-state index in [1.807, 2.05) is 0 Å². The molecular formula is C34H76O2S2. The maximum absolute atomic E-state index is 5.07. The fourth-order valence-electron chi connectivity index (χ4n) is 2.39. The predicted octanol–water partition coefficient (Wildman–Crippen LogP) is 12.0. The van der Waals surface area contributed by atoms with Gasteiger partial charge in [-0.2, -0.15) is 23.5 Å². The molecule has 0 bridgehead atoms. The van der Waals surface area contributed by atoms with Gasteiger partial charge in [-0.1, -0.05) is 89.5 Å². The largest absolute Gasteiger partial charge is 0.381 e. The van der Waals surface area contributed by atoms with Crippen LogP contribution >= 0.6 is 23.5 Å². The molecule has 38 heavy (non-hydrogen) atoms. The first-order valence-corrected chi connectivity index (χ1v) is 18.5. The Labute approximate surface area is 252 Å². The number of hydrogen-bond acceptors (Lipinski definition) is 4. The Morgan fingerprint density at radius 2 is 0.500 bits per heavy atom. The smallest absolute Gasteiger partial charge is 0.0466 e. The molecule has 4 aliphatic rings. The molecule has 236 valence electrons. The quantitative estimate of drug-likeness (QED) is 0.283. The van der Waals surface area contributed by atoms with E-state index in [0.717, 1.165) is 50.1 Å². The molecule has 2 nitrogen and oxygen atoms in total. The molecule has 0 saturated carbocycles. The Morgan fingerprint density at radius 1 is 0.316 bits per heavy atom. The predicted molar refractivity (Wildman–Crippen MR) is 185 cm³/mol. The summed E-state index contributed by atoms with van der Waals surface area (Å²) < 4.78 is 10.0. The molecular weight excluding hydrogens is 505 g/mol. The zero-order valence-electron chi connectivity index (χ0n) is 28.7. The van der Waals surface area contributed by atoms with E-state index in [1.54, 1.807) is 0 Å². The third-order valence-corrected chi connectivity index (χ3v) is 6.12. The van der Waals surface area contributed by atoms with E-state index >= 15 is 0 Å². The minimum absolute atomic E-state index is 0.833. The van der Waals surface area contributed by atoms with E-state index in [2.05, 4.69) is 107 Å². The van der Waals surface area contributed by atoms with E-state index in [4.69, 9.17) is 9.47 Å². The summed E-state index contributed by atoms with van der Waals surface area (Å²) in [4.78, 5) is 0. The number of ether oxygens (including phenoxy) is 2. The highest BCUT2D eigenvalue weighted by molar-refractivity contribution is 7.99. The van der Waals surface area contributed by atoms with Crippen molar-refractivity contribution in [1.29, 1.82) is 0 Å². The van der Waals surface area contributed by atoms with Gasteiger partial charge in [-0.15, -0.1) is 0 Å². The van der Waals surface area contributed by atoms with Crippen LogP contribution in [0.5, 0.6) is 0 Å². The molecule has 0 unspecified atom stereocenters. The van der Waals surface area contributed by atoms with Crippen molar-refractivity contribution in [2.45, 2.75) is 147 Å². The summed E-state index contributed by atoms with van der Waals surface area (Å²) in [6.45, 7) is 30.0. The highest BCUT2D eigenvalue weighted by Gasteiger charge is 1.97. The molecule has 4 heterocycles. The summed E-state index contributed by atoms with van der Waals surface area (Å²) in [6.07, 6.45) is 13.8. The van der Waals surface area contributed by atoms with Gasteiger partial charge >= 0.3 is 0 Å². The van der Waals surface area contributed by atoms with Crippen LogP contribution in [0.1, 0.15) is 147 Å². The van der Waals surface area contributed by atoms with Crippen molar-refractivity contribution < 1.29 is 9.47 Å². The van der Waals surface area contributed by atoms with Crippen LogP contribution in [-0.2, 0) is 9.47 Å². The topological polar surface area (TPSA) is 18.5 Å². The Hall–Kier alpha value is 0.620. The zero-order chi connectivity index (χ0) is 29.9. The Morgan fingerprint density at radius 3 is 0.605 bits per heavy atom. The van der Waals surface area contributed by atoms with Crippen LogP contribution in [0.15, 0.2) is 0 Å². The van der Waals surface area contributed by atoms with E-state index in [9.17, 15) is 0 Å². The lowest BCUT2D eigenvalue weighted by Gasteiger charge is -2.08. The van der Waals surface area contributed by atoms with Crippen LogP contribution in [0.3, 0.4) is 0 Å². The average molecular weight is 581 g/mol. The molecule has 0 N–H and O–H groups in total. The van der Waals surface area contributed by atoms with Crippen molar-refractivity contribution in [3.63, 3.8) is 0 Å². The van der Waals surface area contributed by atoms with Crippen molar-refractivity contribution in [1.82, 2.24) is 0 Å². The van der Waals surface area contributed by atoms with Crippen LogP contribution < -0.4 is 0 Å². The van der Waals surface area contributed by atoms with Crippen LogP contribution in [-0.4, -0.2) is 49.4 Å². The second-order valence-electron chi connectivity index (χ2n) is 12.9. The molecule has 0 aliphatic carbocycles. The zero-order valence-corrected chi connectivity index (χ0v) is 30.3. The van der Waals surface area contributed by atoms with Crippen molar-refractivity contribution in [3.05, 3.63) is 0 Å². The molecule has 0 aromatic heterocycles. The molecule has 0 amide bonds. The van der Waals surface area contributed by atoms with Gasteiger partial charge < -0.3 is 9.47 Å². The van der Waals surface area contributed by atoms with E-state index < -0.39 is 0 Å². The average Bonchev–Trinajstić information content (AvgIpc) is 3.60. The first-order valence-electron chi connectivity index (χ1n) is 16.2. The first-order chi connectivity index (χ1) is 17.9. The summed E-state index contributed by atoms with van der Waals surface area (Å²) in [6, 6.07) is 0. The fraction of sp³-hybridized carbons (Fsp3) is 1.00. The second kappa shape index (κ2) is 42.1. The van der Waals surface area contributed by atoms with Crippen molar-refractivity contribution >= 4 is 23.5 Å². The lowest BCUT2D eigenvalue weighted by Crippen LogP contribution is -2.03. The molecule has 0 radical (unpaired) electrons. The van der Waals surface area contributed by atoms with Crippen LogP contribution in [0.25, 0.3) is 0 Å². The van der Waals surface area contributed by atoms with Gasteiger partial charge in [-0.3, -0.25) is 0 Å². The summed E-state index contributed by atoms with van der Waals surface area (Å²) >= 11 is 4.17. The molecule has 4 aliphatic heterocycles. The third-order valence-electron chi connectivity index (χ3n) is 3.81. The molecule has 4 fully saturated rings. The Bertz CT molecular complexity index is 249. The maximum Gasteiger partial charge on any atom is 0.0466 e. The minimum Gasteiger partial charge on any atom is -0.381 e. The van der Waals surface area contributed by atoms with Crippen LogP contribution in [0, 0.1) is 23.7 Å². The molecule has 0 aromatic rings. The van der Waals surface area contributed by atoms with Gasteiger partial charge in [0.1, 0.15) is 0 Å². The third kappa shape index (κ3) is 90.8. The summed E-state index contributed by atoms with van der Waals surface area (Å²) in [5, 5.41) is 0. The van der Waals surface area contributed by atoms with Gasteiger partial charge in [0.25, 0.3) is 0 Å². The van der Waals surface area contributed by atoms with Crippen molar-refractivity contribution in [2.75, 3.05) is 49.4 Å². The number of hydrogen-bond donors (Lipinski definition) is 0. The normalized spacial score (nSPS) is 17.7. The Kier molecular flexibility index (Phi) is 50.5. The second-order valence-corrected chi connectivity index (χ2v) is 15.4. The molecule has 0 atom stereocenters. The van der Waals surface area contributed by atoms with Crippen molar-refractivity contribution in [3.8, 4) is 0 Å². The van der Waals surface area contributed by atoms with Gasteiger partial charge in [-0.05, 0) is 104 Å². The lowest BCUT2D eigenvalue weighted by molar-refractivity contribution is 0.0968. The minimum atomic E-state index is 0.833. The van der Waals surface area contributed by atoms with Gasteiger partial charge in [-0.25, -0.2) is 0 Å². The van der Waals surface area contributed by atoms with Gasteiger partial charge in [0, 0.05) is 26.4 Å². The maximum atomic E-state index is 5.07. The lowest BCUT2D eigenvalue weighted by atomic mass is 10.2. The Balaban J connectivity index is -0.000000175. The number of thioether (sulfide) groups is 2. The molecule has 0 aromatic carbocycles. The van der Waals surface area contributed by atoms with E-state index in [1.165, 1.54) is 87.2 Å². The van der Waals surface area contributed by atoms with Gasteiger partial charge in [0.05, 0.1) is 0 Å². The first kappa shape index (κ1) is 45.6. The van der Waals surface area contributed by atoms with E-state index in [-0.39, 0.29) is 0 Å². The van der Waals surface area contributed by atoms with Crippen molar-refractivity contribution in [2.24, 2.45) is 23.7 Å². The van der Waals surface area contributed by atoms with E-state index in [0.29, 0.717) is 0 Å². The fourth-order valence-corrected chi connectivity index (χ4v) is 4.44. The van der Waals surface area contributed by atoms with Gasteiger partial charge in [0.2, 0.25) is 0 Å². The number of rotatable bonds is 0. The SMILES string of the molecule is C1CCOC1.C1CCOCC1.C1CCSC1.C1CCSCC1.CC(C)C.CC(C)C.CC(C)C.CC(C)C. The standard InChI is InChI=1S/C5H10O.C5H10S.C4H8O.C4H8S.4C4H10/c2*1-2-4-6-5-3-1;2*1-2-4-5-3-1;4*1-4(2)3/h2*1-5H2;2*1-4H2;4*4H,1-3H3. The molecule has 4 saturated heterocycles. The summed E-state index contributed by atoms with van der Waals surface area (Å²) in [5.74, 6) is 9.00. The summed E-state index contributed by atoms with van der Waals surface area (Å²) in [5.41, 5.74) is 0.